The minimum atomic E-state index is -0.0109. The zero-order valence-electron chi connectivity index (χ0n) is 14.1. The molecular weight excluding hydrogens is 300 g/mol. The Bertz CT molecular complexity index is 716. The summed E-state index contributed by atoms with van der Waals surface area (Å²) in [4.78, 5) is 15.0. The molecule has 1 amide bonds. The van der Waals surface area contributed by atoms with Crippen LogP contribution in [0.5, 0.6) is 0 Å². The van der Waals surface area contributed by atoms with E-state index in [0.717, 1.165) is 44.5 Å². The van der Waals surface area contributed by atoms with E-state index >= 15 is 0 Å². The summed E-state index contributed by atoms with van der Waals surface area (Å²) < 4.78 is 1.85. The van der Waals surface area contributed by atoms with Gasteiger partial charge in [0.2, 0.25) is 5.91 Å². The van der Waals surface area contributed by atoms with Crippen molar-refractivity contribution in [3.8, 4) is 0 Å². The minimum Gasteiger partial charge on any atom is -0.350 e. The van der Waals surface area contributed by atoms with Crippen LogP contribution in [0.4, 0.5) is 0 Å². The van der Waals surface area contributed by atoms with E-state index in [2.05, 4.69) is 33.6 Å². The Hall–Kier alpha value is -2.14. The number of piperidine rings is 1. The highest BCUT2D eigenvalue weighted by atomic mass is 16.2. The molecule has 3 heterocycles. The van der Waals surface area contributed by atoms with Crippen molar-refractivity contribution in [3.63, 3.8) is 0 Å². The number of amides is 1. The molecule has 2 fully saturated rings. The van der Waals surface area contributed by atoms with Crippen LogP contribution in [0, 0.1) is 0 Å². The summed E-state index contributed by atoms with van der Waals surface area (Å²) in [5, 5.41) is 7.56. The van der Waals surface area contributed by atoms with E-state index in [1.54, 1.807) is 0 Å². The zero-order chi connectivity index (χ0) is 16.6. The van der Waals surface area contributed by atoms with E-state index in [0.29, 0.717) is 0 Å². The average molecular weight is 324 g/mol. The Morgan fingerprint density at radius 1 is 1.25 bits per heavy atom. The van der Waals surface area contributed by atoms with Crippen molar-refractivity contribution in [2.75, 3.05) is 13.1 Å². The first-order chi connectivity index (χ1) is 11.6. The van der Waals surface area contributed by atoms with E-state index in [1.165, 1.54) is 5.56 Å². The molecule has 1 atom stereocenters. The number of aromatic nitrogens is 2. The number of likely N-dealkylation sites (tertiary alicyclic amines) is 1. The van der Waals surface area contributed by atoms with Crippen LogP contribution in [0.1, 0.15) is 36.3 Å². The van der Waals surface area contributed by atoms with Gasteiger partial charge in [-0.05, 0) is 24.8 Å². The van der Waals surface area contributed by atoms with E-state index in [-0.39, 0.29) is 17.4 Å². The fraction of sp³-hybridized carbons (Fsp3) is 0.474. The molecule has 2 aliphatic rings. The molecule has 5 heteroatoms. The van der Waals surface area contributed by atoms with Crippen molar-refractivity contribution in [2.45, 2.75) is 37.3 Å². The first kappa shape index (κ1) is 15.4. The number of benzene rings is 1. The normalized spacial score (nSPS) is 23.5. The molecular formula is C19H24N4O. The lowest BCUT2D eigenvalue weighted by atomic mass is 9.82. The second-order valence-electron chi connectivity index (χ2n) is 7.24. The third-order valence-electron chi connectivity index (χ3n) is 5.48. The molecule has 126 valence electrons. The standard InChI is InChI=1S/C19H24N4O/c1-22-13-15(12-20-22)14-23-9-7-19(8-10-23)11-17(18(24)21-19)16-5-3-2-4-6-16/h2-6,12-13,17H,7-11,14H2,1H3,(H,21,24)/t17-/m1/s1. The molecule has 24 heavy (non-hydrogen) atoms. The van der Waals surface area contributed by atoms with Crippen LogP contribution in [0.25, 0.3) is 0 Å². The quantitative estimate of drug-likeness (QED) is 0.940. The third-order valence-corrected chi connectivity index (χ3v) is 5.48. The summed E-state index contributed by atoms with van der Waals surface area (Å²) in [6.07, 6.45) is 7.00. The van der Waals surface area contributed by atoms with Crippen molar-refractivity contribution in [1.29, 1.82) is 0 Å². The second-order valence-corrected chi connectivity index (χ2v) is 7.24. The fourth-order valence-electron chi connectivity index (χ4n) is 4.12. The van der Waals surface area contributed by atoms with Crippen LogP contribution in [0.2, 0.25) is 0 Å². The van der Waals surface area contributed by atoms with Gasteiger partial charge in [-0.25, -0.2) is 0 Å². The molecule has 0 saturated carbocycles. The molecule has 0 radical (unpaired) electrons. The van der Waals surface area contributed by atoms with Crippen molar-refractivity contribution in [2.24, 2.45) is 7.05 Å². The molecule has 0 bridgehead atoms. The van der Waals surface area contributed by atoms with Crippen LogP contribution in [-0.2, 0) is 18.4 Å². The molecule has 1 spiro atoms. The van der Waals surface area contributed by atoms with Gasteiger partial charge in [-0.2, -0.15) is 5.10 Å². The SMILES string of the molecule is Cn1cc(CN2CCC3(CC2)C[C@H](c2ccccc2)C(=O)N3)cn1. The molecule has 2 aliphatic heterocycles. The summed E-state index contributed by atoms with van der Waals surface area (Å²) in [7, 11) is 1.95. The Labute approximate surface area is 142 Å². The molecule has 2 saturated heterocycles. The van der Waals surface area contributed by atoms with Crippen LogP contribution >= 0.6 is 0 Å². The maximum atomic E-state index is 12.5. The molecule has 5 nitrogen and oxygen atoms in total. The monoisotopic (exact) mass is 324 g/mol. The van der Waals surface area contributed by atoms with E-state index in [9.17, 15) is 4.79 Å². The predicted molar refractivity (Wildman–Crippen MR) is 92.4 cm³/mol. The Balaban J connectivity index is 1.39. The zero-order valence-corrected chi connectivity index (χ0v) is 14.1. The number of rotatable bonds is 3. The van der Waals surface area contributed by atoms with Gasteiger partial charge in [0.05, 0.1) is 12.1 Å². The number of aryl methyl sites for hydroxylation is 1. The summed E-state index contributed by atoms with van der Waals surface area (Å²) in [5.41, 5.74) is 2.39. The topological polar surface area (TPSA) is 50.2 Å². The van der Waals surface area contributed by atoms with Crippen LogP contribution in [0.3, 0.4) is 0 Å². The molecule has 1 aromatic heterocycles. The first-order valence-electron chi connectivity index (χ1n) is 8.70. The summed E-state index contributed by atoms with van der Waals surface area (Å²) in [6.45, 7) is 2.99. The highest BCUT2D eigenvalue weighted by molar-refractivity contribution is 5.87. The lowest BCUT2D eigenvalue weighted by molar-refractivity contribution is -0.121. The average Bonchev–Trinajstić information content (AvgIpc) is 3.14. The van der Waals surface area contributed by atoms with Gasteiger partial charge in [-0.3, -0.25) is 14.4 Å². The van der Waals surface area contributed by atoms with E-state index < -0.39 is 0 Å². The number of hydrogen-bond acceptors (Lipinski definition) is 3. The van der Waals surface area contributed by atoms with Gasteiger partial charge in [0.1, 0.15) is 0 Å². The molecule has 0 unspecified atom stereocenters. The molecule has 4 rings (SSSR count). The van der Waals surface area contributed by atoms with Gasteiger partial charge in [-0.15, -0.1) is 0 Å². The Kier molecular flexibility index (Phi) is 3.88. The summed E-state index contributed by atoms with van der Waals surface area (Å²) >= 11 is 0. The first-order valence-corrected chi connectivity index (χ1v) is 8.70. The number of carbonyl (C=O) groups excluding carboxylic acids is 1. The number of hydrogen-bond donors (Lipinski definition) is 1. The van der Waals surface area contributed by atoms with Gasteiger partial charge in [-0.1, -0.05) is 30.3 Å². The van der Waals surface area contributed by atoms with Crippen LogP contribution < -0.4 is 5.32 Å². The highest BCUT2D eigenvalue weighted by Gasteiger charge is 2.45. The number of nitrogens with one attached hydrogen (secondary N) is 1. The minimum absolute atomic E-state index is 0.0103. The van der Waals surface area contributed by atoms with Gasteiger partial charge in [0.15, 0.2) is 0 Å². The Morgan fingerprint density at radius 3 is 2.67 bits per heavy atom. The number of nitrogens with zero attached hydrogens (tertiary/aromatic N) is 3. The van der Waals surface area contributed by atoms with Gasteiger partial charge in [0.25, 0.3) is 0 Å². The second kappa shape index (κ2) is 6.06. The van der Waals surface area contributed by atoms with Crippen LogP contribution in [-0.4, -0.2) is 39.2 Å². The Morgan fingerprint density at radius 2 is 2.00 bits per heavy atom. The van der Waals surface area contributed by atoms with Crippen molar-refractivity contribution in [1.82, 2.24) is 20.0 Å². The highest BCUT2D eigenvalue weighted by Crippen LogP contribution is 2.39. The largest absolute Gasteiger partial charge is 0.350 e. The molecule has 0 aliphatic carbocycles. The third kappa shape index (κ3) is 2.96. The summed E-state index contributed by atoms with van der Waals surface area (Å²) in [5.74, 6) is 0.206. The lowest BCUT2D eigenvalue weighted by Crippen LogP contribution is -2.50. The van der Waals surface area contributed by atoms with Gasteiger partial charge in [0, 0.05) is 44.0 Å². The van der Waals surface area contributed by atoms with E-state index in [1.807, 2.05) is 36.1 Å². The van der Waals surface area contributed by atoms with Crippen molar-refractivity contribution in [3.05, 3.63) is 53.9 Å². The number of carbonyl (C=O) groups is 1. The van der Waals surface area contributed by atoms with Crippen molar-refractivity contribution >= 4 is 5.91 Å². The molecule has 1 aromatic carbocycles. The van der Waals surface area contributed by atoms with Crippen LogP contribution in [0.15, 0.2) is 42.7 Å². The maximum absolute atomic E-state index is 12.5. The van der Waals surface area contributed by atoms with Crippen molar-refractivity contribution < 1.29 is 4.79 Å². The maximum Gasteiger partial charge on any atom is 0.228 e. The lowest BCUT2D eigenvalue weighted by Gasteiger charge is -2.39. The summed E-state index contributed by atoms with van der Waals surface area (Å²) in [6, 6.07) is 10.2. The molecule has 2 aromatic rings. The predicted octanol–water partition coefficient (Wildman–Crippen LogP) is 2.06. The smallest absolute Gasteiger partial charge is 0.228 e. The van der Waals surface area contributed by atoms with E-state index in [4.69, 9.17) is 0 Å². The fourth-order valence-corrected chi connectivity index (χ4v) is 4.12. The molecule has 1 N–H and O–H groups in total. The van der Waals surface area contributed by atoms with Gasteiger partial charge >= 0.3 is 0 Å². The van der Waals surface area contributed by atoms with Gasteiger partial charge < -0.3 is 5.32 Å².